The zero-order valence-corrected chi connectivity index (χ0v) is 12.7. The van der Waals surface area contributed by atoms with Crippen LogP contribution in [0.2, 0.25) is 0 Å². The molecule has 1 heterocycles. The van der Waals surface area contributed by atoms with Gasteiger partial charge in [0, 0.05) is 24.9 Å². The molecule has 1 aliphatic carbocycles. The van der Waals surface area contributed by atoms with Gasteiger partial charge in [-0.15, -0.1) is 0 Å². The molecule has 0 aromatic carbocycles. The zero-order valence-electron chi connectivity index (χ0n) is 12.7. The maximum atomic E-state index is 12.2. The Morgan fingerprint density at radius 1 is 1.23 bits per heavy atom. The number of carbonyl (C=O) groups is 2. The Hall–Kier alpha value is -1.98. The number of rotatable bonds is 7. The highest BCUT2D eigenvalue weighted by atomic mass is 16.4. The molecule has 1 aromatic rings. The predicted molar refractivity (Wildman–Crippen MR) is 81.3 cm³/mol. The lowest BCUT2D eigenvalue weighted by Crippen LogP contribution is -2.37. The molecular formula is C16H23N3O3. The molecule has 6 heteroatoms. The summed E-state index contributed by atoms with van der Waals surface area (Å²) in [5.41, 5.74) is 0.409. The average Bonchev–Trinajstić information content (AvgIpc) is 2.54. The van der Waals surface area contributed by atoms with Gasteiger partial charge in [-0.1, -0.05) is 32.1 Å². The molecule has 0 radical (unpaired) electrons. The third-order valence-corrected chi connectivity index (χ3v) is 4.21. The maximum Gasteiger partial charge on any atom is 0.303 e. The highest BCUT2D eigenvalue weighted by Crippen LogP contribution is 2.28. The summed E-state index contributed by atoms with van der Waals surface area (Å²) in [6, 6.07) is -0.105. The van der Waals surface area contributed by atoms with E-state index >= 15 is 0 Å². The summed E-state index contributed by atoms with van der Waals surface area (Å²) in [6.45, 7) is 0. The highest BCUT2D eigenvalue weighted by Gasteiger charge is 2.21. The minimum atomic E-state index is -0.828. The first kappa shape index (κ1) is 16.4. The van der Waals surface area contributed by atoms with Crippen LogP contribution < -0.4 is 5.32 Å². The number of nitrogens with one attached hydrogen (secondary N) is 1. The molecule has 1 aromatic heterocycles. The summed E-state index contributed by atoms with van der Waals surface area (Å²) in [7, 11) is 0. The van der Waals surface area contributed by atoms with Crippen LogP contribution in [-0.4, -0.2) is 33.0 Å². The second kappa shape index (κ2) is 8.46. The van der Waals surface area contributed by atoms with Gasteiger partial charge in [-0.25, -0.2) is 9.97 Å². The molecule has 0 saturated heterocycles. The van der Waals surface area contributed by atoms with E-state index in [1.807, 2.05) is 0 Å². The second-order valence-electron chi connectivity index (χ2n) is 5.97. The van der Waals surface area contributed by atoms with E-state index in [0.717, 1.165) is 6.42 Å². The van der Waals surface area contributed by atoms with Crippen LogP contribution in [0.25, 0.3) is 0 Å². The monoisotopic (exact) mass is 305 g/mol. The van der Waals surface area contributed by atoms with Gasteiger partial charge in [-0.3, -0.25) is 9.59 Å². The fraction of sp³-hybridized carbons (Fsp3) is 0.625. The Kier molecular flexibility index (Phi) is 6.30. The first-order chi connectivity index (χ1) is 10.6. The van der Waals surface area contributed by atoms with Crippen molar-refractivity contribution in [1.29, 1.82) is 0 Å². The lowest BCUT2D eigenvalue weighted by Gasteiger charge is -2.27. The van der Waals surface area contributed by atoms with Crippen LogP contribution in [0.4, 0.5) is 0 Å². The van der Waals surface area contributed by atoms with Crippen molar-refractivity contribution in [3.8, 4) is 0 Å². The Balaban J connectivity index is 1.93. The molecule has 1 atom stereocenters. The van der Waals surface area contributed by atoms with Gasteiger partial charge in [0.05, 0.1) is 5.56 Å². The van der Waals surface area contributed by atoms with Crippen LogP contribution in [0.5, 0.6) is 0 Å². The molecule has 2 N–H and O–H groups in total. The lowest BCUT2D eigenvalue weighted by atomic mass is 9.84. The van der Waals surface area contributed by atoms with Gasteiger partial charge in [-0.2, -0.15) is 0 Å². The van der Waals surface area contributed by atoms with Crippen molar-refractivity contribution in [3.05, 3.63) is 24.3 Å². The SMILES string of the molecule is O=C(O)CCC(CC1CCCCC1)NC(=O)c1cncnc1. The summed E-state index contributed by atoms with van der Waals surface area (Å²) in [5, 5.41) is 11.8. The molecule has 22 heavy (non-hydrogen) atoms. The van der Waals surface area contributed by atoms with Gasteiger partial charge in [-0.05, 0) is 18.8 Å². The minimum Gasteiger partial charge on any atom is -0.481 e. The molecule has 2 rings (SSSR count). The van der Waals surface area contributed by atoms with Gasteiger partial charge in [0.1, 0.15) is 6.33 Å². The Morgan fingerprint density at radius 2 is 1.91 bits per heavy atom. The van der Waals surface area contributed by atoms with Gasteiger partial charge in [0.25, 0.3) is 5.91 Å². The Bertz CT molecular complexity index is 487. The van der Waals surface area contributed by atoms with Crippen LogP contribution in [-0.2, 0) is 4.79 Å². The van der Waals surface area contributed by atoms with Crippen molar-refractivity contribution in [1.82, 2.24) is 15.3 Å². The zero-order chi connectivity index (χ0) is 15.8. The number of carbonyl (C=O) groups excluding carboxylic acids is 1. The molecule has 120 valence electrons. The molecule has 0 bridgehead atoms. The predicted octanol–water partition coefficient (Wildman–Crippen LogP) is 2.41. The van der Waals surface area contributed by atoms with E-state index in [0.29, 0.717) is 17.9 Å². The largest absolute Gasteiger partial charge is 0.481 e. The molecule has 0 aliphatic heterocycles. The van der Waals surface area contributed by atoms with Gasteiger partial charge >= 0.3 is 5.97 Å². The van der Waals surface area contributed by atoms with E-state index in [1.54, 1.807) is 0 Å². The molecule has 1 fully saturated rings. The molecule has 1 saturated carbocycles. The van der Waals surface area contributed by atoms with Crippen molar-refractivity contribution in [3.63, 3.8) is 0 Å². The normalized spacial score (nSPS) is 16.9. The van der Waals surface area contributed by atoms with Crippen molar-refractivity contribution in [2.45, 2.75) is 57.4 Å². The summed E-state index contributed by atoms with van der Waals surface area (Å²) in [5.74, 6) is -0.474. The van der Waals surface area contributed by atoms with E-state index in [-0.39, 0.29) is 18.4 Å². The quantitative estimate of drug-likeness (QED) is 0.807. The maximum absolute atomic E-state index is 12.2. The number of hydrogen-bond acceptors (Lipinski definition) is 4. The van der Waals surface area contributed by atoms with Crippen LogP contribution in [0.15, 0.2) is 18.7 Å². The molecular weight excluding hydrogens is 282 g/mol. The Labute approximate surface area is 130 Å². The first-order valence-electron chi connectivity index (χ1n) is 7.93. The number of carboxylic acid groups (broad SMARTS) is 1. The van der Waals surface area contributed by atoms with Crippen LogP contribution in [0, 0.1) is 5.92 Å². The highest BCUT2D eigenvalue weighted by molar-refractivity contribution is 5.93. The summed E-state index contributed by atoms with van der Waals surface area (Å²) in [4.78, 5) is 30.7. The fourth-order valence-corrected chi connectivity index (χ4v) is 3.06. The first-order valence-corrected chi connectivity index (χ1v) is 7.93. The summed E-state index contributed by atoms with van der Waals surface area (Å²) >= 11 is 0. The third kappa shape index (κ3) is 5.42. The standard InChI is InChI=1S/C16H23N3O3/c20-15(21)7-6-14(8-12-4-2-1-3-5-12)19-16(22)13-9-17-11-18-10-13/h9-12,14H,1-8H2,(H,19,22)(H,20,21). The summed E-state index contributed by atoms with van der Waals surface area (Å²) < 4.78 is 0. The molecule has 6 nitrogen and oxygen atoms in total. The molecule has 0 spiro atoms. The molecule has 1 amide bonds. The van der Waals surface area contributed by atoms with Crippen molar-refractivity contribution in [2.75, 3.05) is 0 Å². The van der Waals surface area contributed by atoms with E-state index < -0.39 is 5.97 Å². The molecule has 1 aliphatic rings. The minimum absolute atomic E-state index is 0.0724. The number of amides is 1. The van der Waals surface area contributed by atoms with E-state index in [2.05, 4.69) is 15.3 Å². The third-order valence-electron chi connectivity index (χ3n) is 4.21. The Morgan fingerprint density at radius 3 is 2.55 bits per heavy atom. The second-order valence-corrected chi connectivity index (χ2v) is 5.97. The van der Waals surface area contributed by atoms with Gasteiger partial charge in [0.15, 0.2) is 0 Å². The number of aliphatic carboxylic acids is 1. The summed E-state index contributed by atoms with van der Waals surface area (Å²) in [6.07, 6.45) is 11.8. The van der Waals surface area contributed by atoms with E-state index in [1.165, 1.54) is 50.8 Å². The van der Waals surface area contributed by atoms with Crippen LogP contribution in [0.3, 0.4) is 0 Å². The van der Waals surface area contributed by atoms with Crippen LogP contribution >= 0.6 is 0 Å². The van der Waals surface area contributed by atoms with E-state index in [9.17, 15) is 9.59 Å². The van der Waals surface area contributed by atoms with Crippen LogP contribution in [0.1, 0.15) is 61.7 Å². The topological polar surface area (TPSA) is 92.2 Å². The lowest BCUT2D eigenvalue weighted by molar-refractivity contribution is -0.137. The fourth-order valence-electron chi connectivity index (χ4n) is 3.06. The van der Waals surface area contributed by atoms with Crippen molar-refractivity contribution < 1.29 is 14.7 Å². The van der Waals surface area contributed by atoms with Gasteiger partial charge < -0.3 is 10.4 Å². The van der Waals surface area contributed by atoms with E-state index in [4.69, 9.17) is 5.11 Å². The van der Waals surface area contributed by atoms with Gasteiger partial charge in [0.2, 0.25) is 0 Å². The van der Waals surface area contributed by atoms with Crippen molar-refractivity contribution in [2.24, 2.45) is 5.92 Å². The number of nitrogens with zero attached hydrogens (tertiary/aromatic N) is 2. The number of aromatic nitrogens is 2. The van der Waals surface area contributed by atoms with Crippen molar-refractivity contribution >= 4 is 11.9 Å². The smallest absolute Gasteiger partial charge is 0.303 e. The number of hydrogen-bond donors (Lipinski definition) is 2. The average molecular weight is 305 g/mol. The number of carboxylic acids is 1. The molecule has 1 unspecified atom stereocenters.